The average molecular weight is 342 g/mol. The maximum atomic E-state index is 9.10. The summed E-state index contributed by atoms with van der Waals surface area (Å²) in [6.45, 7) is 1.09. The molecule has 128 valence electrons. The van der Waals surface area contributed by atoms with Crippen LogP contribution in [0.4, 0.5) is 0 Å². The number of alkyl halides is 1. The van der Waals surface area contributed by atoms with E-state index in [1.165, 1.54) is 11.1 Å². The lowest BCUT2D eigenvalue weighted by Gasteiger charge is -2.10. The average Bonchev–Trinajstić information content (AvgIpc) is 2.51. The third kappa shape index (κ3) is 11.4. The molecule has 0 saturated carbocycles. The number of benzene rings is 1. The van der Waals surface area contributed by atoms with Gasteiger partial charge in [-0.1, -0.05) is 36.4 Å². The maximum absolute atomic E-state index is 9.10. The molecule has 1 aromatic rings. The topological polar surface area (TPSA) is 77.8 Å². The molecule has 0 amide bonds. The largest absolute Gasteiger partial charge is 0.473 e. The summed E-state index contributed by atoms with van der Waals surface area (Å²) in [5.41, 5.74) is 2.75. The standard InChI is InChI=1S/C15H22ClN.C2H2O4/c1-17(2)13-7-11-15(10-6-12-16)14-8-4-3-5-9-14;3-1(4)2(5)6/h3-5,8-9,11H,6-7,10,12-13H2,1-2H3;(H,3,4)(H,5,6). The number of rotatable bonds is 7. The fraction of sp³-hybridized carbons (Fsp3) is 0.412. The highest BCUT2D eigenvalue weighted by molar-refractivity contribution is 6.27. The molecular weight excluding hydrogens is 318 g/mol. The number of carbonyl (C=O) groups is 2. The van der Waals surface area contributed by atoms with Crippen LogP contribution in [0.3, 0.4) is 0 Å². The molecule has 0 saturated heterocycles. The summed E-state index contributed by atoms with van der Waals surface area (Å²) in [5.74, 6) is -2.91. The van der Waals surface area contributed by atoms with Gasteiger partial charge in [0.05, 0.1) is 0 Å². The molecule has 0 radical (unpaired) electrons. The van der Waals surface area contributed by atoms with Gasteiger partial charge in [0.2, 0.25) is 0 Å². The first-order chi connectivity index (χ1) is 10.9. The van der Waals surface area contributed by atoms with E-state index in [1.54, 1.807) is 0 Å². The number of hydrogen-bond donors (Lipinski definition) is 2. The summed E-state index contributed by atoms with van der Waals surface area (Å²) < 4.78 is 0. The first kappa shape index (κ1) is 21.1. The van der Waals surface area contributed by atoms with Crippen molar-refractivity contribution in [3.63, 3.8) is 0 Å². The molecular formula is C17H24ClNO4. The van der Waals surface area contributed by atoms with Crippen molar-refractivity contribution >= 4 is 29.1 Å². The number of aliphatic carboxylic acids is 2. The number of hydrogen-bond acceptors (Lipinski definition) is 3. The summed E-state index contributed by atoms with van der Waals surface area (Å²) in [6.07, 6.45) is 5.56. The Kier molecular flexibility index (Phi) is 11.7. The van der Waals surface area contributed by atoms with Crippen molar-refractivity contribution in [1.82, 2.24) is 4.90 Å². The Bertz CT molecular complexity index is 489. The Hall–Kier alpha value is -1.85. The van der Waals surface area contributed by atoms with Crippen LogP contribution in [0.2, 0.25) is 0 Å². The van der Waals surface area contributed by atoms with Gasteiger partial charge >= 0.3 is 11.9 Å². The zero-order valence-corrected chi connectivity index (χ0v) is 14.3. The van der Waals surface area contributed by atoms with E-state index < -0.39 is 11.9 Å². The predicted molar refractivity (Wildman–Crippen MR) is 92.8 cm³/mol. The first-order valence-corrected chi connectivity index (χ1v) is 7.83. The van der Waals surface area contributed by atoms with Crippen LogP contribution in [0.25, 0.3) is 5.57 Å². The zero-order valence-electron chi connectivity index (χ0n) is 13.5. The van der Waals surface area contributed by atoms with E-state index in [-0.39, 0.29) is 0 Å². The van der Waals surface area contributed by atoms with E-state index >= 15 is 0 Å². The quantitative estimate of drug-likeness (QED) is 0.588. The van der Waals surface area contributed by atoms with E-state index in [9.17, 15) is 0 Å². The van der Waals surface area contributed by atoms with Crippen LogP contribution in [0.1, 0.15) is 24.8 Å². The second-order valence-electron chi connectivity index (χ2n) is 5.09. The lowest BCUT2D eigenvalue weighted by Crippen LogP contribution is -2.12. The maximum Gasteiger partial charge on any atom is 0.414 e. The van der Waals surface area contributed by atoms with Crippen molar-refractivity contribution < 1.29 is 19.8 Å². The summed E-state index contributed by atoms with van der Waals surface area (Å²) in [4.78, 5) is 20.4. The minimum atomic E-state index is -1.82. The number of halogens is 1. The Balaban J connectivity index is 0.000000688. The Morgan fingerprint density at radius 1 is 1.13 bits per heavy atom. The molecule has 1 aromatic carbocycles. The highest BCUT2D eigenvalue weighted by Crippen LogP contribution is 2.20. The van der Waals surface area contributed by atoms with Gasteiger partial charge in [0.25, 0.3) is 0 Å². The van der Waals surface area contributed by atoms with E-state index in [4.69, 9.17) is 31.4 Å². The van der Waals surface area contributed by atoms with Gasteiger partial charge in [-0.15, -0.1) is 11.6 Å². The summed E-state index contributed by atoms with van der Waals surface area (Å²) in [5, 5.41) is 14.8. The van der Waals surface area contributed by atoms with Crippen LogP contribution in [0.15, 0.2) is 36.4 Å². The number of allylic oxidation sites excluding steroid dienone is 1. The Morgan fingerprint density at radius 2 is 1.70 bits per heavy atom. The van der Waals surface area contributed by atoms with Crippen LogP contribution in [-0.2, 0) is 9.59 Å². The van der Waals surface area contributed by atoms with Gasteiger partial charge < -0.3 is 15.1 Å². The summed E-state index contributed by atoms with van der Waals surface area (Å²) >= 11 is 5.78. The Morgan fingerprint density at radius 3 is 2.13 bits per heavy atom. The lowest BCUT2D eigenvalue weighted by molar-refractivity contribution is -0.159. The number of carboxylic acids is 2. The highest BCUT2D eigenvalue weighted by Gasteiger charge is 2.04. The van der Waals surface area contributed by atoms with Crippen LogP contribution in [-0.4, -0.2) is 53.6 Å². The fourth-order valence-electron chi connectivity index (χ4n) is 1.77. The first-order valence-electron chi connectivity index (χ1n) is 7.29. The molecule has 0 aliphatic rings. The van der Waals surface area contributed by atoms with Crippen molar-refractivity contribution in [2.75, 3.05) is 26.5 Å². The van der Waals surface area contributed by atoms with Gasteiger partial charge in [0, 0.05) is 12.4 Å². The van der Waals surface area contributed by atoms with Crippen molar-refractivity contribution in [3.05, 3.63) is 42.0 Å². The molecule has 0 aliphatic heterocycles. The molecule has 23 heavy (non-hydrogen) atoms. The minimum Gasteiger partial charge on any atom is -0.473 e. The van der Waals surface area contributed by atoms with Crippen LogP contribution >= 0.6 is 11.6 Å². The van der Waals surface area contributed by atoms with Crippen LogP contribution < -0.4 is 0 Å². The van der Waals surface area contributed by atoms with Crippen LogP contribution in [0, 0.1) is 0 Å². The van der Waals surface area contributed by atoms with E-state index in [2.05, 4.69) is 55.4 Å². The fourth-order valence-corrected chi connectivity index (χ4v) is 1.90. The lowest BCUT2D eigenvalue weighted by atomic mass is 10.0. The van der Waals surface area contributed by atoms with Crippen LogP contribution in [0.5, 0.6) is 0 Å². The SMILES string of the molecule is CN(C)CCC=C(CCCCl)c1ccccc1.O=C(O)C(=O)O. The van der Waals surface area contributed by atoms with E-state index in [0.29, 0.717) is 0 Å². The van der Waals surface area contributed by atoms with Gasteiger partial charge in [-0.3, -0.25) is 0 Å². The van der Waals surface area contributed by atoms with E-state index in [1.807, 2.05) is 0 Å². The Labute approximate surface area is 142 Å². The third-order valence-corrected chi connectivity index (χ3v) is 3.14. The number of carboxylic acid groups (broad SMARTS) is 2. The zero-order chi connectivity index (χ0) is 17.7. The van der Waals surface area contributed by atoms with Gasteiger partial charge in [-0.25, -0.2) is 9.59 Å². The molecule has 0 bridgehead atoms. The van der Waals surface area contributed by atoms with E-state index in [0.717, 1.165) is 31.7 Å². The molecule has 0 spiro atoms. The predicted octanol–water partition coefficient (Wildman–Crippen LogP) is 3.20. The molecule has 0 heterocycles. The molecule has 0 fully saturated rings. The molecule has 0 aromatic heterocycles. The second kappa shape index (κ2) is 12.7. The van der Waals surface area contributed by atoms with Gasteiger partial charge in [0.15, 0.2) is 0 Å². The smallest absolute Gasteiger partial charge is 0.414 e. The van der Waals surface area contributed by atoms with Gasteiger partial charge in [-0.05, 0) is 44.5 Å². The molecule has 1 rings (SSSR count). The second-order valence-corrected chi connectivity index (χ2v) is 5.47. The normalized spacial score (nSPS) is 10.9. The summed E-state index contributed by atoms with van der Waals surface area (Å²) in [6, 6.07) is 10.6. The van der Waals surface area contributed by atoms with Gasteiger partial charge in [-0.2, -0.15) is 0 Å². The van der Waals surface area contributed by atoms with Crippen molar-refractivity contribution in [3.8, 4) is 0 Å². The minimum absolute atomic E-state index is 0.734. The molecule has 5 nitrogen and oxygen atoms in total. The monoisotopic (exact) mass is 341 g/mol. The van der Waals surface area contributed by atoms with Gasteiger partial charge in [0.1, 0.15) is 0 Å². The molecule has 0 aliphatic carbocycles. The van der Waals surface area contributed by atoms with Crippen molar-refractivity contribution in [1.29, 1.82) is 0 Å². The third-order valence-electron chi connectivity index (χ3n) is 2.87. The molecule has 2 N–H and O–H groups in total. The summed E-state index contributed by atoms with van der Waals surface area (Å²) in [7, 11) is 4.21. The van der Waals surface area contributed by atoms with Crippen molar-refractivity contribution in [2.24, 2.45) is 0 Å². The molecule has 0 unspecified atom stereocenters. The highest BCUT2D eigenvalue weighted by atomic mass is 35.5. The number of nitrogens with zero attached hydrogens (tertiary/aromatic N) is 1. The molecule has 0 atom stereocenters. The molecule has 6 heteroatoms. The van der Waals surface area contributed by atoms with Crippen molar-refractivity contribution in [2.45, 2.75) is 19.3 Å².